The van der Waals surface area contributed by atoms with Gasteiger partial charge in [-0.15, -0.1) is 0 Å². The molecule has 0 bridgehead atoms. The highest BCUT2D eigenvalue weighted by molar-refractivity contribution is 6.31. The van der Waals surface area contributed by atoms with E-state index in [4.69, 9.17) is 16.3 Å². The Balaban J connectivity index is 1.97. The molecule has 1 amide bonds. The fourth-order valence-electron chi connectivity index (χ4n) is 2.68. The maximum Gasteiger partial charge on any atom is 0.342 e. The minimum Gasteiger partial charge on any atom is -0.433 e. The van der Waals surface area contributed by atoms with Crippen LogP contribution in [0.2, 0.25) is 5.02 Å². The number of fused-ring (bicyclic) bond motifs is 5. The van der Waals surface area contributed by atoms with Crippen LogP contribution in [-0.4, -0.2) is 11.9 Å². The van der Waals surface area contributed by atoms with Crippen molar-refractivity contribution >= 4 is 29.2 Å². The second kappa shape index (κ2) is 3.84. The molecule has 98 valence electrons. The van der Waals surface area contributed by atoms with Gasteiger partial charge < -0.3 is 4.74 Å². The van der Waals surface area contributed by atoms with Crippen molar-refractivity contribution in [2.24, 2.45) is 0 Å². The van der Waals surface area contributed by atoms with Gasteiger partial charge >= 0.3 is 5.97 Å². The summed E-state index contributed by atoms with van der Waals surface area (Å²) in [6.07, 6.45) is -0.697. The fourth-order valence-corrected chi connectivity index (χ4v) is 2.84. The normalized spacial score (nSPS) is 19.2. The van der Waals surface area contributed by atoms with Gasteiger partial charge in [0.2, 0.25) is 6.23 Å². The molecule has 0 unspecified atom stereocenters. The summed E-state index contributed by atoms with van der Waals surface area (Å²) in [7, 11) is 0. The molecule has 2 aromatic rings. The Hall–Kier alpha value is -2.33. The number of anilines is 1. The number of halogens is 1. The summed E-state index contributed by atoms with van der Waals surface area (Å²) in [6, 6.07) is 11.9. The molecule has 2 aliphatic rings. The number of rotatable bonds is 0. The summed E-state index contributed by atoms with van der Waals surface area (Å²) in [5, 5.41) is 0.473. The zero-order valence-electron chi connectivity index (χ0n) is 10.2. The van der Waals surface area contributed by atoms with Crippen LogP contribution in [0.15, 0.2) is 42.5 Å². The number of amides is 1. The molecule has 4 nitrogen and oxygen atoms in total. The molecule has 5 heteroatoms. The van der Waals surface area contributed by atoms with Crippen molar-refractivity contribution in [3.63, 3.8) is 0 Å². The third-order valence-electron chi connectivity index (χ3n) is 3.57. The second-order valence-corrected chi connectivity index (χ2v) is 5.12. The van der Waals surface area contributed by atoms with Crippen molar-refractivity contribution in [3.8, 4) is 0 Å². The van der Waals surface area contributed by atoms with Crippen LogP contribution in [-0.2, 0) is 4.74 Å². The van der Waals surface area contributed by atoms with Crippen LogP contribution < -0.4 is 4.90 Å². The van der Waals surface area contributed by atoms with Crippen LogP contribution in [0.1, 0.15) is 32.5 Å². The lowest BCUT2D eigenvalue weighted by atomic mass is 10.1. The lowest BCUT2D eigenvalue weighted by Gasteiger charge is -2.31. The van der Waals surface area contributed by atoms with Crippen LogP contribution >= 0.6 is 11.6 Å². The molecular formula is C15H8ClNO3. The molecule has 2 heterocycles. The smallest absolute Gasteiger partial charge is 0.342 e. The molecule has 2 aliphatic heterocycles. The van der Waals surface area contributed by atoms with Gasteiger partial charge in [-0.1, -0.05) is 29.8 Å². The van der Waals surface area contributed by atoms with E-state index in [1.54, 1.807) is 36.4 Å². The summed E-state index contributed by atoms with van der Waals surface area (Å²) in [5.41, 5.74) is 2.11. The van der Waals surface area contributed by atoms with Gasteiger partial charge in [-0.3, -0.25) is 9.69 Å². The first-order chi connectivity index (χ1) is 9.66. The Morgan fingerprint density at radius 3 is 2.70 bits per heavy atom. The SMILES string of the molecule is O=C1O[C@H]2c3ccccc3C(=O)N2c2cc(Cl)ccc21. The zero-order valence-corrected chi connectivity index (χ0v) is 10.9. The fraction of sp³-hybridized carbons (Fsp3) is 0.0667. The molecule has 1 atom stereocenters. The Bertz CT molecular complexity index is 771. The second-order valence-electron chi connectivity index (χ2n) is 4.68. The first-order valence-electron chi connectivity index (χ1n) is 6.10. The van der Waals surface area contributed by atoms with Gasteiger partial charge in [-0.25, -0.2) is 4.79 Å². The van der Waals surface area contributed by atoms with Crippen molar-refractivity contribution in [2.75, 3.05) is 4.90 Å². The number of hydrogen-bond acceptors (Lipinski definition) is 3. The number of benzene rings is 2. The number of nitrogens with zero attached hydrogens (tertiary/aromatic N) is 1. The Morgan fingerprint density at radius 2 is 1.85 bits per heavy atom. The van der Waals surface area contributed by atoms with Gasteiger partial charge in [0.25, 0.3) is 5.91 Å². The van der Waals surface area contributed by atoms with Gasteiger partial charge in [0.15, 0.2) is 0 Å². The zero-order chi connectivity index (χ0) is 13.9. The molecule has 0 aliphatic carbocycles. The number of carbonyl (C=O) groups is 2. The standard InChI is InChI=1S/C15H8ClNO3/c16-8-5-6-11-12(7-8)17-13(18)9-3-1-2-4-10(9)14(17)20-15(11)19/h1-7,14H/t14-/m0/s1. The maximum absolute atomic E-state index is 12.5. The van der Waals surface area contributed by atoms with E-state index < -0.39 is 12.2 Å². The molecule has 0 aromatic heterocycles. The summed E-state index contributed by atoms with van der Waals surface area (Å²) in [6.45, 7) is 0. The Labute approximate surface area is 119 Å². The predicted molar refractivity (Wildman–Crippen MR) is 72.9 cm³/mol. The van der Waals surface area contributed by atoms with Gasteiger partial charge in [0, 0.05) is 16.1 Å². The molecule has 0 spiro atoms. The topological polar surface area (TPSA) is 46.6 Å². The highest BCUT2D eigenvalue weighted by atomic mass is 35.5. The van der Waals surface area contributed by atoms with E-state index in [0.29, 0.717) is 27.4 Å². The molecule has 0 fully saturated rings. The molecule has 2 aromatic carbocycles. The maximum atomic E-state index is 12.5. The van der Waals surface area contributed by atoms with Crippen LogP contribution in [0.4, 0.5) is 5.69 Å². The van der Waals surface area contributed by atoms with Gasteiger partial charge in [0.1, 0.15) is 0 Å². The van der Waals surface area contributed by atoms with Gasteiger partial charge in [-0.05, 0) is 24.3 Å². The van der Waals surface area contributed by atoms with E-state index in [9.17, 15) is 9.59 Å². The van der Waals surface area contributed by atoms with Crippen molar-refractivity contribution < 1.29 is 14.3 Å². The van der Waals surface area contributed by atoms with Crippen molar-refractivity contribution in [2.45, 2.75) is 6.23 Å². The van der Waals surface area contributed by atoms with Crippen molar-refractivity contribution in [3.05, 3.63) is 64.2 Å². The number of hydrogen-bond donors (Lipinski definition) is 0. The average molecular weight is 286 g/mol. The van der Waals surface area contributed by atoms with E-state index in [-0.39, 0.29) is 5.91 Å². The van der Waals surface area contributed by atoms with Gasteiger partial charge in [0.05, 0.1) is 11.3 Å². The van der Waals surface area contributed by atoms with Gasteiger partial charge in [-0.2, -0.15) is 0 Å². The van der Waals surface area contributed by atoms with Crippen molar-refractivity contribution in [1.82, 2.24) is 0 Å². The molecule has 0 N–H and O–H groups in total. The van der Waals surface area contributed by atoms with Crippen LogP contribution in [0.25, 0.3) is 0 Å². The highest BCUT2D eigenvalue weighted by Gasteiger charge is 2.44. The Kier molecular flexibility index (Phi) is 2.20. The summed E-state index contributed by atoms with van der Waals surface area (Å²) < 4.78 is 5.40. The average Bonchev–Trinajstić information content (AvgIpc) is 2.73. The third-order valence-corrected chi connectivity index (χ3v) is 3.80. The lowest BCUT2D eigenvalue weighted by molar-refractivity contribution is 0.0273. The van der Waals surface area contributed by atoms with Crippen LogP contribution in [0.5, 0.6) is 0 Å². The predicted octanol–water partition coefficient (Wildman–Crippen LogP) is 3.17. The number of carbonyl (C=O) groups excluding carboxylic acids is 2. The minimum absolute atomic E-state index is 0.179. The summed E-state index contributed by atoms with van der Waals surface area (Å²) >= 11 is 5.98. The highest BCUT2D eigenvalue weighted by Crippen LogP contribution is 2.44. The summed E-state index contributed by atoms with van der Waals surface area (Å²) in [4.78, 5) is 26.0. The first-order valence-corrected chi connectivity index (χ1v) is 6.47. The monoisotopic (exact) mass is 285 g/mol. The first kappa shape index (κ1) is 11.5. The Morgan fingerprint density at radius 1 is 1.05 bits per heavy atom. The molecule has 20 heavy (non-hydrogen) atoms. The van der Waals surface area contributed by atoms with E-state index in [2.05, 4.69) is 0 Å². The molecule has 0 saturated heterocycles. The number of ether oxygens (including phenoxy) is 1. The van der Waals surface area contributed by atoms with Crippen LogP contribution in [0, 0.1) is 0 Å². The van der Waals surface area contributed by atoms with E-state index in [1.807, 2.05) is 6.07 Å². The van der Waals surface area contributed by atoms with E-state index in [0.717, 1.165) is 0 Å². The molecule has 0 radical (unpaired) electrons. The quantitative estimate of drug-likeness (QED) is 0.699. The molecule has 0 saturated carbocycles. The summed E-state index contributed by atoms with van der Waals surface area (Å²) in [5.74, 6) is -0.621. The minimum atomic E-state index is -0.697. The lowest BCUT2D eigenvalue weighted by Crippen LogP contribution is -2.36. The van der Waals surface area contributed by atoms with E-state index >= 15 is 0 Å². The third kappa shape index (κ3) is 1.37. The largest absolute Gasteiger partial charge is 0.433 e. The van der Waals surface area contributed by atoms with Crippen LogP contribution in [0.3, 0.4) is 0 Å². The molecular weight excluding hydrogens is 278 g/mol. The van der Waals surface area contributed by atoms with E-state index in [1.165, 1.54) is 4.90 Å². The molecule has 4 rings (SSSR count). The van der Waals surface area contributed by atoms with Crippen molar-refractivity contribution in [1.29, 1.82) is 0 Å². The number of esters is 1.